The lowest BCUT2D eigenvalue weighted by Gasteiger charge is -2.13. The van der Waals surface area contributed by atoms with Crippen LogP contribution in [0.15, 0.2) is 60.8 Å². The SMILES string of the molecule is CC(C)OC(=O)c1cccc(-c2cc3nccc(C(=O)c4ccc(OC(F)F)cc4OCC4CC4)n3n2)c1. The van der Waals surface area contributed by atoms with Crippen molar-refractivity contribution < 1.29 is 32.6 Å². The van der Waals surface area contributed by atoms with Crippen molar-refractivity contribution in [2.24, 2.45) is 5.92 Å². The Kier molecular flexibility index (Phi) is 7.04. The van der Waals surface area contributed by atoms with E-state index in [-0.39, 0.29) is 28.9 Å². The van der Waals surface area contributed by atoms with E-state index in [9.17, 15) is 18.4 Å². The molecule has 5 rings (SSSR count). The van der Waals surface area contributed by atoms with E-state index in [1.165, 1.54) is 35.0 Å². The molecule has 0 atom stereocenters. The Morgan fingerprint density at radius 1 is 1.08 bits per heavy atom. The zero-order valence-electron chi connectivity index (χ0n) is 20.8. The first kappa shape index (κ1) is 25.3. The average molecular weight is 522 g/mol. The molecule has 2 heterocycles. The highest BCUT2D eigenvalue weighted by atomic mass is 19.3. The number of halogens is 2. The molecule has 0 amide bonds. The van der Waals surface area contributed by atoms with Gasteiger partial charge in [-0.05, 0) is 62.9 Å². The third-order valence-electron chi connectivity index (χ3n) is 5.92. The van der Waals surface area contributed by atoms with E-state index in [0.29, 0.717) is 35.0 Å². The van der Waals surface area contributed by atoms with Gasteiger partial charge in [0.25, 0.3) is 0 Å². The first-order valence-electron chi connectivity index (χ1n) is 12.2. The summed E-state index contributed by atoms with van der Waals surface area (Å²) < 4.78 is 42.6. The molecule has 0 N–H and O–H groups in total. The second kappa shape index (κ2) is 10.6. The van der Waals surface area contributed by atoms with Crippen molar-refractivity contribution in [3.05, 3.63) is 77.6 Å². The second-order valence-electron chi connectivity index (χ2n) is 9.28. The summed E-state index contributed by atoms with van der Waals surface area (Å²) in [7, 11) is 0. The van der Waals surface area contributed by atoms with Crippen molar-refractivity contribution in [2.75, 3.05) is 6.61 Å². The summed E-state index contributed by atoms with van der Waals surface area (Å²) in [5.41, 5.74) is 2.34. The van der Waals surface area contributed by atoms with E-state index in [1.54, 1.807) is 44.2 Å². The minimum absolute atomic E-state index is 0.0977. The topological polar surface area (TPSA) is 92.0 Å². The summed E-state index contributed by atoms with van der Waals surface area (Å²) in [5.74, 6) is -0.422. The van der Waals surface area contributed by atoms with E-state index >= 15 is 0 Å². The van der Waals surface area contributed by atoms with Crippen LogP contribution in [0.25, 0.3) is 16.9 Å². The minimum atomic E-state index is -3.00. The summed E-state index contributed by atoms with van der Waals surface area (Å²) in [4.78, 5) is 30.3. The monoisotopic (exact) mass is 521 g/mol. The second-order valence-corrected chi connectivity index (χ2v) is 9.28. The van der Waals surface area contributed by atoms with Crippen LogP contribution < -0.4 is 9.47 Å². The van der Waals surface area contributed by atoms with Gasteiger partial charge in [0.2, 0.25) is 5.78 Å². The van der Waals surface area contributed by atoms with E-state index in [4.69, 9.17) is 9.47 Å². The predicted molar refractivity (Wildman–Crippen MR) is 134 cm³/mol. The smallest absolute Gasteiger partial charge is 0.387 e. The average Bonchev–Trinajstić information content (AvgIpc) is 3.61. The first-order chi connectivity index (χ1) is 18.3. The summed E-state index contributed by atoms with van der Waals surface area (Å²) in [6.45, 7) is 0.929. The molecule has 1 aliphatic carbocycles. The van der Waals surface area contributed by atoms with Crippen LogP contribution in [-0.4, -0.2) is 45.7 Å². The molecule has 38 heavy (non-hydrogen) atoms. The highest BCUT2D eigenvalue weighted by Crippen LogP contribution is 2.33. The Hall–Kier alpha value is -4.34. The molecule has 0 saturated heterocycles. The van der Waals surface area contributed by atoms with Crippen molar-refractivity contribution in [3.8, 4) is 22.8 Å². The fourth-order valence-electron chi connectivity index (χ4n) is 3.91. The number of fused-ring (bicyclic) bond motifs is 1. The number of benzene rings is 2. The van der Waals surface area contributed by atoms with Gasteiger partial charge in [-0.15, -0.1) is 0 Å². The number of alkyl halides is 2. The number of ether oxygens (including phenoxy) is 3. The van der Waals surface area contributed by atoms with Crippen LogP contribution in [0.4, 0.5) is 8.78 Å². The summed E-state index contributed by atoms with van der Waals surface area (Å²) in [6, 6.07) is 14.1. The number of ketones is 1. The highest BCUT2D eigenvalue weighted by Gasteiger charge is 2.25. The van der Waals surface area contributed by atoms with Crippen LogP contribution in [0.2, 0.25) is 0 Å². The quantitative estimate of drug-likeness (QED) is 0.199. The molecular weight excluding hydrogens is 496 g/mol. The van der Waals surface area contributed by atoms with Gasteiger partial charge in [0, 0.05) is 23.9 Å². The lowest BCUT2D eigenvalue weighted by Crippen LogP contribution is -2.12. The number of carbonyl (C=O) groups is 2. The minimum Gasteiger partial charge on any atom is -0.492 e. The molecule has 1 fully saturated rings. The first-order valence-corrected chi connectivity index (χ1v) is 12.2. The van der Waals surface area contributed by atoms with Crippen LogP contribution in [0.1, 0.15) is 53.1 Å². The van der Waals surface area contributed by atoms with Gasteiger partial charge in [0.1, 0.15) is 17.2 Å². The zero-order valence-corrected chi connectivity index (χ0v) is 20.8. The molecule has 0 aliphatic heterocycles. The summed E-state index contributed by atoms with van der Waals surface area (Å²) in [5, 5.41) is 4.58. The third kappa shape index (κ3) is 5.64. The molecule has 2 aromatic carbocycles. The number of aromatic nitrogens is 3. The van der Waals surface area contributed by atoms with Crippen LogP contribution in [-0.2, 0) is 4.74 Å². The Labute approximate surface area is 217 Å². The number of carbonyl (C=O) groups excluding carboxylic acids is 2. The molecule has 0 unspecified atom stereocenters. The van der Waals surface area contributed by atoms with Crippen molar-refractivity contribution >= 4 is 17.4 Å². The molecule has 0 spiro atoms. The van der Waals surface area contributed by atoms with Crippen LogP contribution in [0.5, 0.6) is 11.5 Å². The highest BCUT2D eigenvalue weighted by molar-refractivity contribution is 6.10. The van der Waals surface area contributed by atoms with Gasteiger partial charge < -0.3 is 14.2 Å². The maximum atomic E-state index is 13.6. The summed E-state index contributed by atoms with van der Waals surface area (Å²) in [6.07, 6.45) is 3.28. The molecule has 4 aromatic rings. The number of nitrogens with zero attached hydrogens (tertiary/aromatic N) is 3. The fraction of sp³-hybridized carbons (Fsp3) is 0.286. The normalized spacial score (nSPS) is 13.2. The van der Waals surface area contributed by atoms with Crippen molar-refractivity contribution in [3.63, 3.8) is 0 Å². The Balaban J connectivity index is 1.49. The number of hydrogen-bond acceptors (Lipinski definition) is 7. The fourth-order valence-corrected chi connectivity index (χ4v) is 3.91. The van der Waals surface area contributed by atoms with E-state index in [2.05, 4.69) is 14.8 Å². The molecule has 1 aliphatic rings. The molecule has 0 radical (unpaired) electrons. The predicted octanol–water partition coefficient (Wildman–Crippen LogP) is 5.58. The Morgan fingerprint density at radius 3 is 2.63 bits per heavy atom. The largest absolute Gasteiger partial charge is 0.492 e. The van der Waals surface area contributed by atoms with Crippen molar-refractivity contribution in [1.29, 1.82) is 0 Å². The number of esters is 1. The maximum Gasteiger partial charge on any atom is 0.387 e. The summed E-state index contributed by atoms with van der Waals surface area (Å²) >= 11 is 0. The van der Waals surface area contributed by atoms with Crippen molar-refractivity contribution in [1.82, 2.24) is 14.6 Å². The van der Waals surface area contributed by atoms with Gasteiger partial charge in [-0.3, -0.25) is 4.79 Å². The lowest BCUT2D eigenvalue weighted by molar-refractivity contribution is -0.0499. The van der Waals surface area contributed by atoms with Gasteiger partial charge in [0.05, 0.1) is 29.5 Å². The Morgan fingerprint density at radius 2 is 1.89 bits per heavy atom. The van der Waals surface area contributed by atoms with Gasteiger partial charge >= 0.3 is 12.6 Å². The molecule has 8 nitrogen and oxygen atoms in total. The van der Waals surface area contributed by atoms with Gasteiger partial charge in [0.15, 0.2) is 5.65 Å². The molecule has 2 aromatic heterocycles. The van der Waals surface area contributed by atoms with E-state index in [1.807, 2.05) is 0 Å². The standard InChI is InChI=1S/C28H25F2N3O5/c1-16(2)37-27(35)19-5-3-4-18(12-19)22-14-25-31-11-10-23(33(25)32-22)26(34)21-9-8-20(38-28(29)30)13-24(21)36-15-17-6-7-17/h3-5,8-14,16-17,28H,6-7,15H2,1-2H3. The molecule has 196 valence electrons. The molecule has 10 heteroatoms. The molecule has 0 bridgehead atoms. The molecular formula is C28H25F2N3O5. The lowest BCUT2D eigenvalue weighted by atomic mass is 10.1. The number of rotatable bonds is 10. The van der Waals surface area contributed by atoms with Gasteiger partial charge in [-0.2, -0.15) is 13.9 Å². The molecule has 1 saturated carbocycles. The zero-order chi connectivity index (χ0) is 26.8. The Bertz CT molecular complexity index is 1500. The van der Waals surface area contributed by atoms with E-state index < -0.39 is 18.4 Å². The van der Waals surface area contributed by atoms with E-state index in [0.717, 1.165) is 12.8 Å². The third-order valence-corrected chi connectivity index (χ3v) is 5.92. The van der Waals surface area contributed by atoms with Crippen LogP contribution in [0, 0.1) is 5.92 Å². The number of hydrogen-bond donors (Lipinski definition) is 0. The van der Waals surface area contributed by atoms with Gasteiger partial charge in [-0.1, -0.05) is 12.1 Å². The van der Waals surface area contributed by atoms with Crippen molar-refractivity contribution in [2.45, 2.75) is 39.4 Å². The van der Waals surface area contributed by atoms with Crippen LogP contribution in [0.3, 0.4) is 0 Å². The van der Waals surface area contributed by atoms with Gasteiger partial charge in [-0.25, -0.2) is 14.3 Å². The van der Waals surface area contributed by atoms with Crippen LogP contribution >= 0.6 is 0 Å². The maximum absolute atomic E-state index is 13.6.